The van der Waals surface area contributed by atoms with E-state index in [-0.39, 0.29) is 5.91 Å². The van der Waals surface area contributed by atoms with Crippen molar-refractivity contribution in [2.45, 2.75) is 25.7 Å². The Hall–Kier alpha value is -1.97. The fraction of sp³-hybridized carbons (Fsp3) is 0.438. The summed E-state index contributed by atoms with van der Waals surface area (Å²) in [5.74, 6) is 0.888. The molecule has 0 radical (unpaired) electrons. The number of carbonyl (C=O) groups is 1. The molecule has 1 amide bonds. The van der Waals surface area contributed by atoms with E-state index in [9.17, 15) is 4.79 Å². The van der Waals surface area contributed by atoms with Crippen LogP contribution in [0.15, 0.2) is 24.4 Å². The molecule has 4 nitrogen and oxygen atoms in total. The van der Waals surface area contributed by atoms with Crippen LogP contribution >= 0.6 is 0 Å². The van der Waals surface area contributed by atoms with Gasteiger partial charge in [-0.05, 0) is 55.2 Å². The lowest BCUT2D eigenvalue weighted by Crippen LogP contribution is -2.31. The molecule has 0 bridgehead atoms. The van der Waals surface area contributed by atoms with Crippen molar-refractivity contribution in [3.8, 4) is 0 Å². The maximum absolute atomic E-state index is 12.4. The molecular formula is C16H19N3O. The molecule has 2 saturated carbocycles. The van der Waals surface area contributed by atoms with Crippen molar-refractivity contribution in [1.82, 2.24) is 10.3 Å². The second-order valence-electron chi connectivity index (χ2n) is 6.33. The second-order valence-corrected chi connectivity index (χ2v) is 6.33. The van der Waals surface area contributed by atoms with Gasteiger partial charge in [0.1, 0.15) is 0 Å². The number of nitrogens with two attached hydrogens (primary N) is 1. The first-order chi connectivity index (χ1) is 9.68. The normalized spacial score (nSPS) is 20.0. The summed E-state index contributed by atoms with van der Waals surface area (Å²) in [7, 11) is 0. The topological polar surface area (TPSA) is 70.9 Å². The Balaban J connectivity index is 1.52. The molecular weight excluding hydrogens is 250 g/mol. The number of fused-ring (bicyclic) bond motifs is 1. The first-order valence-electron chi connectivity index (χ1n) is 7.33. The number of aromatic amines is 1. The summed E-state index contributed by atoms with van der Waals surface area (Å²) in [6, 6.07) is 5.60. The molecule has 0 atom stereocenters. The van der Waals surface area contributed by atoms with Crippen LogP contribution in [-0.4, -0.2) is 17.4 Å². The van der Waals surface area contributed by atoms with Gasteiger partial charge in [-0.15, -0.1) is 0 Å². The van der Waals surface area contributed by atoms with Gasteiger partial charge in [0, 0.05) is 29.3 Å². The molecule has 1 aromatic carbocycles. The minimum Gasteiger partial charge on any atom is -0.399 e. The molecule has 4 heteroatoms. The van der Waals surface area contributed by atoms with E-state index >= 15 is 0 Å². The lowest BCUT2D eigenvalue weighted by atomic mass is 10.0. The minimum absolute atomic E-state index is 0.0212. The number of H-pyrrole nitrogens is 1. The van der Waals surface area contributed by atoms with Crippen LogP contribution in [0.4, 0.5) is 5.69 Å². The minimum atomic E-state index is 0.0212. The van der Waals surface area contributed by atoms with Crippen LogP contribution in [0.2, 0.25) is 0 Å². The van der Waals surface area contributed by atoms with E-state index < -0.39 is 0 Å². The summed E-state index contributed by atoms with van der Waals surface area (Å²) >= 11 is 0. The zero-order valence-corrected chi connectivity index (χ0v) is 11.4. The van der Waals surface area contributed by atoms with Gasteiger partial charge in [-0.3, -0.25) is 4.79 Å². The maximum Gasteiger partial charge on any atom is 0.253 e. The molecule has 2 fully saturated rings. The number of anilines is 1. The van der Waals surface area contributed by atoms with Crippen molar-refractivity contribution in [2.75, 3.05) is 12.3 Å². The number of carbonyl (C=O) groups excluding carboxylic acids is 1. The van der Waals surface area contributed by atoms with Crippen molar-refractivity contribution in [2.24, 2.45) is 11.3 Å². The third-order valence-electron chi connectivity index (χ3n) is 4.89. The van der Waals surface area contributed by atoms with E-state index in [0.717, 1.165) is 23.4 Å². The van der Waals surface area contributed by atoms with Gasteiger partial charge in [0.2, 0.25) is 0 Å². The Kier molecular flexibility index (Phi) is 2.37. The molecule has 0 spiro atoms. The summed E-state index contributed by atoms with van der Waals surface area (Å²) in [4.78, 5) is 15.5. The van der Waals surface area contributed by atoms with E-state index in [0.29, 0.717) is 16.7 Å². The molecule has 104 valence electrons. The summed E-state index contributed by atoms with van der Waals surface area (Å²) in [6.45, 7) is 0.831. The number of hydrogen-bond donors (Lipinski definition) is 3. The maximum atomic E-state index is 12.4. The Bertz CT molecular complexity index is 680. The highest BCUT2D eigenvalue weighted by Gasteiger charge is 2.53. The number of nitrogens with one attached hydrogen (secondary N) is 2. The molecule has 1 heterocycles. The number of rotatable bonds is 4. The molecule has 0 unspecified atom stereocenters. The zero-order valence-electron chi connectivity index (χ0n) is 11.4. The zero-order chi connectivity index (χ0) is 13.7. The lowest BCUT2D eigenvalue weighted by Gasteiger charge is -2.14. The molecule has 4 rings (SSSR count). The van der Waals surface area contributed by atoms with Crippen molar-refractivity contribution in [3.05, 3.63) is 30.0 Å². The molecule has 0 saturated heterocycles. The number of hydrogen-bond acceptors (Lipinski definition) is 2. The standard InChI is InChI=1S/C16H19N3O/c17-11-3-4-12-13(8-18-14(12)7-11)15(20)19-9-16(5-6-16)10-1-2-10/h3-4,7-8,10,18H,1-2,5-6,9,17H2,(H,19,20). The number of aromatic nitrogens is 1. The van der Waals surface area contributed by atoms with Crippen molar-refractivity contribution in [3.63, 3.8) is 0 Å². The Morgan fingerprint density at radius 3 is 2.90 bits per heavy atom. The predicted octanol–water partition coefficient (Wildman–Crippen LogP) is 2.67. The van der Waals surface area contributed by atoms with Gasteiger partial charge in [0.15, 0.2) is 0 Å². The highest BCUT2D eigenvalue weighted by molar-refractivity contribution is 6.07. The second kappa shape index (κ2) is 4.01. The van der Waals surface area contributed by atoms with Crippen molar-refractivity contribution >= 4 is 22.5 Å². The molecule has 2 aliphatic carbocycles. The average molecular weight is 269 g/mol. The van der Waals surface area contributed by atoms with Gasteiger partial charge in [-0.25, -0.2) is 0 Å². The van der Waals surface area contributed by atoms with E-state index in [4.69, 9.17) is 5.73 Å². The monoisotopic (exact) mass is 269 g/mol. The van der Waals surface area contributed by atoms with Crippen LogP contribution in [0.3, 0.4) is 0 Å². The predicted molar refractivity (Wildman–Crippen MR) is 79.4 cm³/mol. The molecule has 4 N–H and O–H groups in total. The van der Waals surface area contributed by atoms with Crippen LogP contribution in [-0.2, 0) is 0 Å². The fourth-order valence-electron chi connectivity index (χ4n) is 3.27. The van der Waals surface area contributed by atoms with Gasteiger partial charge in [-0.1, -0.05) is 0 Å². The summed E-state index contributed by atoms with van der Waals surface area (Å²) in [6.07, 6.45) is 7.03. The number of benzene rings is 1. The Morgan fingerprint density at radius 1 is 1.40 bits per heavy atom. The molecule has 2 aromatic rings. The van der Waals surface area contributed by atoms with E-state index in [2.05, 4.69) is 10.3 Å². The van der Waals surface area contributed by atoms with Gasteiger partial charge >= 0.3 is 0 Å². The largest absolute Gasteiger partial charge is 0.399 e. The summed E-state index contributed by atoms with van der Waals surface area (Å²) < 4.78 is 0. The molecule has 2 aliphatic rings. The van der Waals surface area contributed by atoms with Crippen molar-refractivity contribution < 1.29 is 4.79 Å². The SMILES string of the molecule is Nc1ccc2c(C(=O)NCC3(C4CC4)CC3)c[nH]c2c1. The first-order valence-corrected chi connectivity index (χ1v) is 7.33. The third-order valence-corrected chi connectivity index (χ3v) is 4.89. The fourth-order valence-corrected chi connectivity index (χ4v) is 3.27. The third kappa shape index (κ3) is 1.87. The van der Waals surface area contributed by atoms with Crippen LogP contribution in [0.25, 0.3) is 10.9 Å². The first kappa shape index (κ1) is 11.8. The van der Waals surface area contributed by atoms with Crippen molar-refractivity contribution in [1.29, 1.82) is 0 Å². The van der Waals surface area contributed by atoms with Crippen LogP contribution in [0.5, 0.6) is 0 Å². The highest BCUT2D eigenvalue weighted by atomic mass is 16.1. The highest BCUT2D eigenvalue weighted by Crippen LogP contribution is 2.60. The molecule has 1 aromatic heterocycles. The van der Waals surface area contributed by atoms with Gasteiger partial charge < -0.3 is 16.0 Å². The van der Waals surface area contributed by atoms with E-state index in [1.165, 1.54) is 25.7 Å². The van der Waals surface area contributed by atoms with Crippen LogP contribution < -0.4 is 11.1 Å². The van der Waals surface area contributed by atoms with Gasteiger partial charge in [0.25, 0.3) is 5.91 Å². The van der Waals surface area contributed by atoms with Crippen LogP contribution in [0, 0.1) is 11.3 Å². The average Bonchev–Trinajstić information content (AvgIpc) is 3.32. The van der Waals surface area contributed by atoms with E-state index in [1.807, 2.05) is 18.2 Å². The number of amides is 1. The van der Waals surface area contributed by atoms with E-state index in [1.54, 1.807) is 6.20 Å². The summed E-state index contributed by atoms with van der Waals surface area (Å²) in [5, 5.41) is 4.06. The Labute approximate surface area is 117 Å². The smallest absolute Gasteiger partial charge is 0.253 e. The summed E-state index contributed by atoms with van der Waals surface area (Å²) in [5.41, 5.74) is 8.52. The van der Waals surface area contributed by atoms with Gasteiger partial charge in [-0.2, -0.15) is 0 Å². The Morgan fingerprint density at radius 2 is 2.20 bits per heavy atom. The number of nitrogen functional groups attached to an aromatic ring is 1. The molecule has 0 aliphatic heterocycles. The lowest BCUT2D eigenvalue weighted by molar-refractivity contribution is 0.0944. The van der Waals surface area contributed by atoms with Gasteiger partial charge in [0.05, 0.1) is 5.56 Å². The molecule has 20 heavy (non-hydrogen) atoms. The van der Waals surface area contributed by atoms with Crippen LogP contribution in [0.1, 0.15) is 36.0 Å². The quantitative estimate of drug-likeness (QED) is 0.747.